The summed E-state index contributed by atoms with van der Waals surface area (Å²) in [6.07, 6.45) is 65.0. The third-order valence-corrected chi connectivity index (χ3v) is 15.3. The zero-order valence-corrected chi connectivity index (χ0v) is 51.9. The zero-order chi connectivity index (χ0) is 58.9. The van der Waals surface area contributed by atoms with Crippen molar-refractivity contribution in [2.75, 3.05) is 13.2 Å². The lowest BCUT2D eigenvalue weighted by molar-refractivity contribution is -0.305. The van der Waals surface area contributed by atoms with Crippen LogP contribution < -0.4 is 5.32 Å². The molecule has 6 N–H and O–H groups in total. The molecule has 8 unspecified atom stereocenters. The highest BCUT2D eigenvalue weighted by Gasteiger charge is 2.47. The normalized spacial score (nSPS) is 19.2. The molecular formula is C70H123NO10. The average Bonchev–Trinajstić information content (AvgIpc) is 3.50. The Hall–Kier alpha value is -3.16. The molecule has 0 aromatic heterocycles. The molecule has 8 atom stereocenters. The van der Waals surface area contributed by atoms with Gasteiger partial charge in [0.1, 0.15) is 24.4 Å². The number of aliphatic hydroxyl groups excluding tert-OH is 5. The summed E-state index contributed by atoms with van der Waals surface area (Å²) in [7, 11) is 0. The molecule has 0 aromatic rings. The Labute approximate surface area is 495 Å². The van der Waals surface area contributed by atoms with Crippen molar-refractivity contribution in [1.29, 1.82) is 0 Å². The molecule has 1 amide bonds. The van der Waals surface area contributed by atoms with Gasteiger partial charge in [-0.1, -0.05) is 266 Å². The molecule has 11 nitrogen and oxygen atoms in total. The van der Waals surface area contributed by atoms with Crippen LogP contribution in [0, 0.1) is 0 Å². The molecule has 1 saturated heterocycles. The van der Waals surface area contributed by atoms with Gasteiger partial charge in [-0.2, -0.15) is 0 Å². The Morgan fingerprint density at radius 3 is 1.30 bits per heavy atom. The Morgan fingerprint density at radius 2 is 0.852 bits per heavy atom. The number of rotatable bonds is 56. The number of aliphatic hydroxyl groups is 5. The van der Waals surface area contributed by atoms with Gasteiger partial charge in [-0.3, -0.25) is 9.59 Å². The largest absolute Gasteiger partial charge is 0.454 e. The molecule has 1 aliphatic heterocycles. The highest BCUT2D eigenvalue weighted by atomic mass is 16.7. The second-order valence-electron chi connectivity index (χ2n) is 22.8. The van der Waals surface area contributed by atoms with E-state index in [1.54, 1.807) is 6.08 Å². The van der Waals surface area contributed by atoms with Gasteiger partial charge < -0.3 is 45.1 Å². The monoisotopic (exact) mass is 1140 g/mol. The Morgan fingerprint density at radius 1 is 0.481 bits per heavy atom. The number of ether oxygens (including phenoxy) is 3. The number of carbonyl (C=O) groups is 2. The highest BCUT2D eigenvalue weighted by molar-refractivity contribution is 5.80. The van der Waals surface area contributed by atoms with Crippen LogP contribution in [0.15, 0.2) is 85.1 Å². The maximum absolute atomic E-state index is 13.4. The van der Waals surface area contributed by atoms with Gasteiger partial charge in [-0.15, -0.1) is 0 Å². The van der Waals surface area contributed by atoms with Crippen molar-refractivity contribution in [1.82, 2.24) is 5.32 Å². The van der Waals surface area contributed by atoms with Gasteiger partial charge in [0.2, 0.25) is 5.91 Å². The first-order chi connectivity index (χ1) is 39.7. The predicted octanol–water partition coefficient (Wildman–Crippen LogP) is 16.5. The fourth-order valence-corrected chi connectivity index (χ4v) is 9.97. The Kier molecular flexibility index (Phi) is 53.6. The summed E-state index contributed by atoms with van der Waals surface area (Å²) in [5.74, 6) is -1.25. The minimum Gasteiger partial charge on any atom is -0.454 e. The predicted molar refractivity (Wildman–Crippen MR) is 338 cm³/mol. The summed E-state index contributed by atoms with van der Waals surface area (Å²) >= 11 is 0. The molecule has 0 aromatic carbocycles. The lowest BCUT2D eigenvalue weighted by Gasteiger charge is -2.41. The number of nitrogens with one attached hydrogen (secondary N) is 1. The first kappa shape index (κ1) is 75.9. The molecular weight excluding hydrogens is 1010 g/mol. The number of esters is 1. The summed E-state index contributed by atoms with van der Waals surface area (Å²) < 4.78 is 17.6. The molecule has 1 heterocycles. The number of unbranched alkanes of at least 4 members (excludes halogenated alkanes) is 30. The number of amides is 1. The molecule has 0 spiro atoms. The molecule has 1 fully saturated rings. The quantitative estimate of drug-likeness (QED) is 0.0195. The van der Waals surface area contributed by atoms with E-state index in [2.05, 4.69) is 86.8 Å². The van der Waals surface area contributed by atoms with Crippen LogP contribution in [0.1, 0.15) is 284 Å². The molecule has 1 aliphatic rings. The van der Waals surface area contributed by atoms with E-state index < -0.39 is 67.4 Å². The summed E-state index contributed by atoms with van der Waals surface area (Å²) in [5.41, 5.74) is 0. The van der Waals surface area contributed by atoms with Crippen molar-refractivity contribution in [2.24, 2.45) is 0 Å². The van der Waals surface area contributed by atoms with Crippen molar-refractivity contribution < 1.29 is 49.3 Å². The van der Waals surface area contributed by atoms with Gasteiger partial charge in [0.25, 0.3) is 0 Å². The minimum absolute atomic E-state index is 0.115. The second kappa shape index (κ2) is 57.3. The summed E-state index contributed by atoms with van der Waals surface area (Å²) in [5, 5.41) is 57.0. The van der Waals surface area contributed by atoms with Crippen LogP contribution >= 0.6 is 0 Å². The topological polar surface area (TPSA) is 175 Å². The van der Waals surface area contributed by atoms with Crippen LogP contribution in [0.2, 0.25) is 0 Å². The average molecular weight is 1140 g/mol. The van der Waals surface area contributed by atoms with E-state index in [4.69, 9.17) is 14.2 Å². The molecule has 0 radical (unpaired) electrons. The smallest absolute Gasteiger partial charge is 0.306 e. The van der Waals surface area contributed by atoms with Gasteiger partial charge in [-0.05, 0) is 96.3 Å². The van der Waals surface area contributed by atoms with Crippen LogP contribution in [0.3, 0.4) is 0 Å². The van der Waals surface area contributed by atoms with E-state index >= 15 is 0 Å². The maximum Gasteiger partial charge on any atom is 0.306 e. The molecule has 11 heteroatoms. The SMILES string of the molecule is CCCCC/C=C\C/C=C\C/C=C\C/C=C\CCC(O)C(=O)NC(COC1OC(CO)C(O)C(O)C1OC(=O)CCCCCCCCCCCCCCCCC/C=C\C/C=C\CCCCC)C(O)/C=C/CCCCCCCCCCC. The molecule has 81 heavy (non-hydrogen) atoms. The standard InChI is InChI=1S/C70H123NO10/c1-4-7-10-13-16-19-22-24-26-28-29-30-31-32-33-34-35-36-38-40-43-46-49-52-55-58-65(75)81-68-67(77)66(76)64(59-72)80-70(68)79-60-61(62(73)56-53-50-47-44-41-21-18-15-12-9-6-3)71-69(78)63(74)57-54-51-48-45-42-39-37-27-25-23-20-17-14-11-8-5-2/h16-17,19-20,24-27,39,42,48,51,53,56,61-64,66-68,70,72-74,76-77H,4-15,18,21-23,28-38,40-41,43-47,49-50,52,54-55,57-60H2,1-3H3,(H,71,78)/b19-16-,20-17-,26-24-,27-25-,42-39-,51-48-,56-53+. The van der Waals surface area contributed by atoms with Crippen LogP contribution in [-0.2, 0) is 23.8 Å². The van der Waals surface area contributed by atoms with E-state index in [0.717, 1.165) is 77.0 Å². The van der Waals surface area contributed by atoms with Gasteiger partial charge in [-0.25, -0.2) is 0 Å². The van der Waals surface area contributed by atoms with E-state index in [1.807, 2.05) is 18.2 Å². The molecule has 468 valence electrons. The fourth-order valence-electron chi connectivity index (χ4n) is 9.97. The first-order valence-corrected chi connectivity index (χ1v) is 33.4. The van der Waals surface area contributed by atoms with Crippen LogP contribution in [0.4, 0.5) is 0 Å². The molecule has 1 rings (SSSR count). The van der Waals surface area contributed by atoms with Crippen molar-refractivity contribution in [3.63, 3.8) is 0 Å². The number of allylic oxidation sites excluding steroid dienone is 13. The zero-order valence-electron chi connectivity index (χ0n) is 51.9. The molecule has 0 bridgehead atoms. The van der Waals surface area contributed by atoms with Gasteiger partial charge in [0.05, 0.1) is 25.4 Å². The maximum atomic E-state index is 13.4. The van der Waals surface area contributed by atoms with Gasteiger partial charge in [0.15, 0.2) is 12.4 Å². The van der Waals surface area contributed by atoms with Crippen LogP contribution in [0.25, 0.3) is 0 Å². The fraction of sp³-hybridized carbons (Fsp3) is 0.771. The number of carbonyl (C=O) groups excluding carboxylic acids is 2. The number of hydrogen-bond acceptors (Lipinski definition) is 10. The summed E-state index contributed by atoms with van der Waals surface area (Å²) in [4.78, 5) is 26.6. The third kappa shape index (κ3) is 45.0. The summed E-state index contributed by atoms with van der Waals surface area (Å²) in [6, 6.07) is -1.06. The molecule has 0 aliphatic carbocycles. The first-order valence-electron chi connectivity index (χ1n) is 33.4. The van der Waals surface area contributed by atoms with Crippen molar-refractivity contribution in [2.45, 2.75) is 333 Å². The van der Waals surface area contributed by atoms with E-state index in [0.29, 0.717) is 12.8 Å². The van der Waals surface area contributed by atoms with Crippen molar-refractivity contribution >= 4 is 11.9 Å². The van der Waals surface area contributed by atoms with Gasteiger partial charge >= 0.3 is 5.97 Å². The molecule has 0 saturated carbocycles. The van der Waals surface area contributed by atoms with Crippen LogP contribution in [-0.4, -0.2) is 99.6 Å². The highest BCUT2D eigenvalue weighted by Crippen LogP contribution is 2.26. The lowest BCUT2D eigenvalue weighted by atomic mass is 9.99. The third-order valence-electron chi connectivity index (χ3n) is 15.3. The Balaban J connectivity index is 2.60. The van der Waals surface area contributed by atoms with E-state index in [-0.39, 0.29) is 19.4 Å². The van der Waals surface area contributed by atoms with E-state index in [9.17, 15) is 35.1 Å². The lowest BCUT2D eigenvalue weighted by Crippen LogP contribution is -2.61. The summed E-state index contributed by atoms with van der Waals surface area (Å²) in [6.45, 7) is 5.71. The number of hydrogen-bond donors (Lipinski definition) is 6. The second-order valence-corrected chi connectivity index (χ2v) is 22.8. The Bertz CT molecular complexity index is 1640. The van der Waals surface area contributed by atoms with Crippen LogP contribution in [0.5, 0.6) is 0 Å². The minimum atomic E-state index is -1.63. The van der Waals surface area contributed by atoms with Crippen molar-refractivity contribution in [3.05, 3.63) is 85.1 Å². The van der Waals surface area contributed by atoms with Gasteiger partial charge in [0, 0.05) is 6.42 Å². The van der Waals surface area contributed by atoms with E-state index in [1.165, 1.54) is 161 Å². The van der Waals surface area contributed by atoms with Crippen molar-refractivity contribution in [3.8, 4) is 0 Å².